The fraction of sp³-hybridized carbons (Fsp3) is 0.500. The molecule has 0 atom stereocenters. The first-order valence-electron chi connectivity index (χ1n) is 6.97. The van der Waals surface area contributed by atoms with E-state index in [4.69, 9.17) is 4.42 Å². The molecule has 0 saturated carbocycles. The van der Waals surface area contributed by atoms with E-state index in [1.807, 2.05) is 6.92 Å². The third kappa shape index (κ3) is 2.66. The van der Waals surface area contributed by atoms with E-state index in [0.29, 0.717) is 17.5 Å². The molecule has 0 amide bonds. The minimum Gasteiger partial charge on any atom is -0.459 e. The molecule has 0 radical (unpaired) electrons. The van der Waals surface area contributed by atoms with Crippen LogP contribution in [0.25, 0.3) is 11.0 Å². The van der Waals surface area contributed by atoms with Crippen LogP contribution in [0.15, 0.2) is 16.5 Å². The summed E-state index contributed by atoms with van der Waals surface area (Å²) in [5, 5.41) is 3.99. The molecule has 0 aliphatic rings. The number of nitrogens with one attached hydrogen (secondary N) is 1. The monoisotopic (exact) mass is 263 g/mol. The van der Waals surface area contributed by atoms with Crippen molar-refractivity contribution in [1.82, 2.24) is 5.32 Å². The average molecular weight is 263 g/mol. The molecular weight excluding hydrogens is 241 g/mol. The first-order valence-corrected chi connectivity index (χ1v) is 6.97. The molecule has 0 bridgehead atoms. The minimum atomic E-state index is -0.185. The number of hydrogen-bond acceptors (Lipinski definition) is 2. The molecule has 104 valence electrons. The molecule has 0 spiro atoms. The van der Waals surface area contributed by atoms with Gasteiger partial charge in [0, 0.05) is 5.56 Å². The Morgan fingerprint density at radius 2 is 2.05 bits per heavy atom. The number of halogens is 1. The summed E-state index contributed by atoms with van der Waals surface area (Å²) in [6.45, 7) is 9.84. The van der Waals surface area contributed by atoms with Gasteiger partial charge in [-0.25, -0.2) is 4.39 Å². The maximum Gasteiger partial charge on any atom is 0.140 e. The molecule has 0 unspecified atom stereocenters. The number of furan rings is 1. The van der Waals surface area contributed by atoms with E-state index < -0.39 is 0 Å². The highest BCUT2D eigenvalue weighted by Gasteiger charge is 2.20. The highest BCUT2D eigenvalue weighted by Crippen LogP contribution is 2.35. The zero-order valence-electron chi connectivity index (χ0n) is 12.1. The topological polar surface area (TPSA) is 25.2 Å². The van der Waals surface area contributed by atoms with Crippen molar-refractivity contribution < 1.29 is 8.81 Å². The Balaban J connectivity index is 2.54. The first-order chi connectivity index (χ1) is 9.06. The van der Waals surface area contributed by atoms with Gasteiger partial charge in [0.25, 0.3) is 0 Å². The van der Waals surface area contributed by atoms with E-state index in [0.717, 1.165) is 29.9 Å². The van der Waals surface area contributed by atoms with Crippen molar-refractivity contribution >= 4 is 11.0 Å². The summed E-state index contributed by atoms with van der Waals surface area (Å²) in [5.41, 5.74) is 2.68. The fourth-order valence-corrected chi connectivity index (χ4v) is 2.48. The summed E-state index contributed by atoms with van der Waals surface area (Å²) in [6, 6.07) is 3.30. The Bertz CT molecular complexity index is 572. The third-order valence-electron chi connectivity index (χ3n) is 3.39. The second-order valence-electron chi connectivity index (χ2n) is 5.34. The Morgan fingerprint density at radius 3 is 2.68 bits per heavy atom. The summed E-state index contributed by atoms with van der Waals surface area (Å²) in [5.74, 6) is 0.928. The molecule has 1 aromatic carbocycles. The van der Waals surface area contributed by atoms with Crippen LogP contribution in [0.4, 0.5) is 4.39 Å². The molecular formula is C16H22FNO. The van der Waals surface area contributed by atoms with E-state index >= 15 is 0 Å². The SMILES string of the molecule is CCCNCc1oc2c(C)ccc(F)c2c1C(C)C. The van der Waals surface area contributed by atoms with Crippen LogP contribution in [0.3, 0.4) is 0 Å². The van der Waals surface area contributed by atoms with Crippen molar-refractivity contribution in [2.45, 2.75) is 46.6 Å². The maximum atomic E-state index is 14.1. The van der Waals surface area contributed by atoms with Crippen LogP contribution in [0.5, 0.6) is 0 Å². The molecule has 19 heavy (non-hydrogen) atoms. The van der Waals surface area contributed by atoms with Gasteiger partial charge in [-0.2, -0.15) is 0 Å². The predicted octanol–water partition coefficient (Wildman–Crippen LogP) is 4.50. The molecule has 1 N–H and O–H groups in total. The highest BCUT2D eigenvalue weighted by atomic mass is 19.1. The zero-order valence-corrected chi connectivity index (χ0v) is 12.1. The lowest BCUT2D eigenvalue weighted by Gasteiger charge is -2.07. The Morgan fingerprint density at radius 1 is 1.32 bits per heavy atom. The van der Waals surface area contributed by atoms with Crippen LogP contribution < -0.4 is 5.32 Å². The first kappa shape index (κ1) is 14.1. The van der Waals surface area contributed by atoms with Crippen LogP contribution in [0.1, 0.15) is 50.0 Å². The van der Waals surface area contributed by atoms with Gasteiger partial charge in [0.15, 0.2) is 0 Å². The molecule has 1 heterocycles. The van der Waals surface area contributed by atoms with E-state index in [-0.39, 0.29) is 11.7 Å². The second kappa shape index (κ2) is 5.74. The van der Waals surface area contributed by atoms with Gasteiger partial charge in [-0.15, -0.1) is 0 Å². The predicted molar refractivity (Wildman–Crippen MR) is 77.0 cm³/mol. The molecule has 3 heteroatoms. The van der Waals surface area contributed by atoms with Crippen molar-refractivity contribution in [1.29, 1.82) is 0 Å². The summed E-state index contributed by atoms with van der Waals surface area (Å²) in [7, 11) is 0. The van der Waals surface area contributed by atoms with E-state index in [9.17, 15) is 4.39 Å². The number of aryl methyl sites for hydroxylation is 1. The smallest absolute Gasteiger partial charge is 0.140 e. The molecule has 0 fully saturated rings. The van der Waals surface area contributed by atoms with Crippen molar-refractivity contribution in [2.75, 3.05) is 6.54 Å². The summed E-state index contributed by atoms with van der Waals surface area (Å²) < 4.78 is 20.0. The molecule has 0 saturated heterocycles. The Kier molecular flexibility index (Phi) is 4.25. The lowest BCUT2D eigenvalue weighted by atomic mass is 9.98. The maximum absolute atomic E-state index is 14.1. The third-order valence-corrected chi connectivity index (χ3v) is 3.39. The summed E-state index contributed by atoms with van der Waals surface area (Å²) >= 11 is 0. The summed E-state index contributed by atoms with van der Waals surface area (Å²) in [4.78, 5) is 0. The second-order valence-corrected chi connectivity index (χ2v) is 5.34. The minimum absolute atomic E-state index is 0.185. The molecule has 2 aromatic rings. The normalized spacial score (nSPS) is 11.7. The van der Waals surface area contributed by atoms with Crippen molar-refractivity contribution in [3.05, 3.63) is 34.8 Å². The van der Waals surface area contributed by atoms with E-state index in [1.165, 1.54) is 6.07 Å². The van der Waals surface area contributed by atoms with Gasteiger partial charge in [0.2, 0.25) is 0 Å². The number of rotatable bonds is 5. The molecule has 0 aliphatic heterocycles. The number of benzene rings is 1. The fourth-order valence-electron chi connectivity index (χ4n) is 2.48. The number of fused-ring (bicyclic) bond motifs is 1. The van der Waals surface area contributed by atoms with Gasteiger partial charge in [-0.05, 0) is 37.4 Å². The average Bonchev–Trinajstić information content (AvgIpc) is 2.75. The van der Waals surface area contributed by atoms with Crippen LogP contribution in [0, 0.1) is 12.7 Å². The van der Waals surface area contributed by atoms with Gasteiger partial charge in [-0.3, -0.25) is 0 Å². The molecule has 2 nitrogen and oxygen atoms in total. The van der Waals surface area contributed by atoms with Gasteiger partial charge >= 0.3 is 0 Å². The quantitative estimate of drug-likeness (QED) is 0.803. The Labute approximate surface area is 114 Å². The molecule has 0 aliphatic carbocycles. The Hall–Kier alpha value is -1.35. The van der Waals surface area contributed by atoms with Crippen molar-refractivity contribution in [3.8, 4) is 0 Å². The lowest BCUT2D eigenvalue weighted by molar-refractivity contribution is 0.503. The lowest BCUT2D eigenvalue weighted by Crippen LogP contribution is -2.14. The van der Waals surface area contributed by atoms with Crippen LogP contribution in [-0.2, 0) is 6.54 Å². The zero-order chi connectivity index (χ0) is 14.0. The highest BCUT2D eigenvalue weighted by molar-refractivity contribution is 5.86. The standard InChI is InChI=1S/C16H22FNO/c1-5-8-18-9-13-14(10(2)3)15-12(17)7-6-11(4)16(15)19-13/h6-7,10,18H,5,8-9H2,1-4H3. The van der Waals surface area contributed by atoms with Gasteiger partial charge in [-0.1, -0.05) is 26.8 Å². The van der Waals surface area contributed by atoms with Crippen molar-refractivity contribution in [3.63, 3.8) is 0 Å². The van der Waals surface area contributed by atoms with E-state index in [2.05, 4.69) is 26.1 Å². The van der Waals surface area contributed by atoms with Crippen LogP contribution >= 0.6 is 0 Å². The summed E-state index contributed by atoms with van der Waals surface area (Å²) in [6.07, 6.45) is 1.07. The van der Waals surface area contributed by atoms with Gasteiger partial charge in [0.05, 0.1) is 11.9 Å². The van der Waals surface area contributed by atoms with Crippen LogP contribution in [0.2, 0.25) is 0 Å². The molecule has 2 rings (SSSR count). The number of hydrogen-bond donors (Lipinski definition) is 1. The molecule has 1 aromatic heterocycles. The van der Waals surface area contributed by atoms with Gasteiger partial charge in [0.1, 0.15) is 17.2 Å². The van der Waals surface area contributed by atoms with Gasteiger partial charge < -0.3 is 9.73 Å². The van der Waals surface area contributed by atoms with Crippen LogP contribution in [-0.4, -0.2) is 6.54 Å². The van der Waals surface area contributed by atoms with E-state index in [1.54, 1.807) is 6.07 Å². The van der Waals surface area contributed by atoms with Crippen molar-refractivity contribution in [2.24, 2.45) is 0 Å². The largest absolute Gasteiger partial charge is 0.459 e.